The number of carbonyl (C=O) groups is 2. The molecule has 2 aromatic carbocycles. The van der Waals surface area contributed by atoms with Crippen molar-refractivity contribution in [1.82, 2.24) is 20.4 Å². The van der Waals surface area contributed by atoms with Gasteiger partial charge in [0.15, 0.2) is 0 Å². The quantitative estimate of drug-likeness (QED) is 0.443. The smallest absolute Gasteiger partial charge is 0.255 e. The van der Waals surface area contributed by atoms with Crippen molar-refractivity contribution >= 4 is 23.2 Å². The fraction of sp³-hybridized carbons (Fsp3) is 0.125. The van der Waals surface area contributed by atoms with Crippen molar-refractivity contribution in [3.05, 3.63) is 95.5 Å². The molecule has 0 saturated carbocycles. The molecule has 0 fully saturated rings. The van der Waals surface area contributed by atoms with Crippen molar-refractivity contribution in [2.24, 2.45) is 0 Å². The minimum Gasteiger partial charge on any atom is -0.352 e. The van der Waals surface area contributed by atoms with Crippen molar-refractivity contribution in [2.45, 2.75) is 13.0 Å². The molecule has 156 valence electrons. The lowest BCUT2D eigenvalue weighted by atomic mass is 10.2. The van der Waals surface area contributed by atoms with Gasteiger partial charge in [0.25, 0.3) is 5.91 Å². The zero-order chi connectivity index (χ0) is 21.5. The van der Waals surface area contributed by atoms with Gasteiger partial charge in [0, 0.05) is 25.7 Å². The average Bonchev–Trinajstić information content (AvgIpc) is 3.49. The molecule has 31 heavy (non-hydrogen) atoms. The van der Waals surface area contributed by atoms with Crippen LogP contribution in [0.1, 0.15) is 22.3 Å². The first-order valence-corrected chi connectivity index (χ1v) is 10.9. The topological polar surface area (TPSA) is 76.0 Å². The van der Waals surface area contributed by atoms with Crippen molar-refractivity contribution in [2.75, 3.05) is 6.54 Å². The third-order valence-electron chi connectivity index (χ3n) is 4.70. The highest BCUT2D eigenvalue weighted by Gasteiger charge is 2.19. The van der Waals surface area contributed by atoms with Gasteiger partial charge >= 0.3 is 0 Å². The standard InChI is InChI=1S/C24H22N4O2S/c29-22(26-16-18-8-3-1-4-9-18)13-14-25-24(30)20-17-28(19-10-5-2-6-11-19)27-23(20)21-12-7-15-31-21/h1-12,15,17H,13-14,16H2,(H,25,30)(H,26,29). The number of nitrogens with one attached hydrogen (secondary N) is 2. The van der Waals surface area contributed by atoms with Crippen LogP contribution in [0.15, 0.2) is 84.4 Å². The first-order valence-electron chi connectivity index (χ1n) is 9.98. The average molecular weight is 431 g/mol. The van der Waals surface area contributed by atoms with Crippen LogP contribution in [0.2, 0.25) is 0 Å². The highest BCUT2D eigenvalue weighted by atomic mass is 32.1. The Morgan fingerprint density at radius 1 is 0.903 bits per heavy atom. The molecule has 0 aliphatic carbocycles. The first kappa shape index (κ1) is 20.6. The second kappa shape index (κ2) is 9.86. The molecule has 2 aromatic heterocycles. The molecule has 0 saturated heterocycles. The van der Waals surface area contributed by atoms with E-state index in [-0.39, 0.29) is 24.8 Å². The SMILES string of the molecule is O=C(CCNC(=O)c1cn(-c2ccccc2)nc1-c1cccs1)NCc1ccccc1. The summed E-state index contributed by atoms with van der Waals surface area (Å²) >= 11 is 1.53. The maximum Gasteiger partial charge on any atom is 0.255 e. The second-order valence-electron chi connectivity index (χ2n) is 6.92. The summed E-state index contributed by atoms with van der Waals surface area (Å²) in [6.07, 6.45) is 1.94. The van der Waals surface area contributed by atoms with E-state index in [4.69, 9.17) is 0 Å². The predicted octanol–water partition coefficient (Wildman–Crippen LogP) is 4.04. The van der Waals surface area contributed by atoms with Gasteiger partial charge in [-0.05, 0) is 29.1 Å². The van der Waals surface area contributed by atoms with E-state index in [1.54, 1.807) is 10.9 Å². The lowest BCUT2D eigenvalue weighted by Gasteiger charge is -2.07. The van der Waals surface area contributed by atoms with Crippen LogP contribution in [0.3, 0.4) is 0 Å². The number of para-hydroxylation sites is 1. The molecular weight excluding hydrogens is 408 g/mol. The van der Waals surface area contributed by atoms with E-state index in [0.717, 1.165) is 16.1 Å². The Kier molecular flexibility index (Phi) is 6.54. The van der Waals surface area contributed by atoms with E-state index in [9.17, 15) is 9.59 Å². The lowest BCUT2D eigenvalue weighted by Crippen LogP contribution is -2.30. The number of rotatable bonds is 8. The molecule has 2 amide bonds. The number of aromatic nitrogens is 2. The number of thiophene rings is 1. The van der Waals surface area contributed by atoms with E-state index >= 15 is 0 Å². The van der Waals surface area contributed by atoms with Gasteiger partial charge in [-0.25, -0.2) is 4.68 Å². The van der Waals surface area contributed by atoms with Crippen LogP contribution < -0.4 is 10.6 Å². The largest absolute Gasteiger partial charge is 0.352 e. The Balaban J connectivity index is 1.39. The molecule has 6 nitrogen and oxygen atoms in total. The Labute approximate surface area is 184 Å². The predicted molar refractivity (Wildman–Crippen MR) is 122 cm³/mol. The zero-order valence-electron chi connectivity index (χ0n) is 16.8. The van der Waals surface area contributed by atoms with Gasteiger partial charge in [-0.1, -0.05) is 54.6 Å². The summed E-state index contributed by atoms with van der Waals surface area (Å²) < 4.78 is 1.70. The summed E-state index contributed by atoms with van der Waals surface area (Å²) in [6.45, 7) is 0.722. The molecule has 0 aliphatic rings. The van der Waals surface area contributed by atoms with Crippen LogP contribution in [-0.4, -0.2) is 28.1 Å². The number of carbonyl (C=O) groups excluding carboxylic acids is 2. The number of hydrogen-bond acceptors (Lipinski definition) is 4. The Hall–Kier alpha value is -3.71. The van der Waals surface area contributed by atoms with Crippen molar-refractivity contribution in [3.63, 3.8) is 0 Å². The maximum absolute atomic E-state index is 12.9. The van der Waals surface area contributed by atoms with Crippen LogP contribution in [-0.2, 0) is 11.3 Å². The minimum absolute atomic E-state index is 0.109. The van der Waals surface area contributed by atoms with E-state index in [0.29, 0.717) is 17.8 Å². The molecule has 0 unspecified atom stereocenters. The molecule has 0 atom stereocenters. The number of nitrogens with zero attached hydrogens (tertiary/aromatic N) is 2. The maximum atomic E-state index is 12.9. The second-order valence-corrected chi connectivity index (χ2v) is 7.86. The fourth-order valence-electron chi connectivity index (χ4n) is 3.12. The Bertz CT molecular complexity index is 1140. The highest BCUT2D eigenvalue weighted by molar-refractivity contribution is 7.13. The Morgan fingerprint density at radius 2 is 1.65 bits per heavy atom. The zero-order valence-corrected chi connectivity index (χ0v) is 17.6. The molecule has 2 N–H and O–H groups in total. The molecule has 0 aliphatic heterocycles. The molecule has 0 radical (unpaired) electrons. The number of amides is 2. The van der Waals surface area contributed by atoms with Crippen LogP contribution in [0.5, 0.6) is 0 Å². The molecule has 4 aromatic rings. The molecular formula is C24H22N4O2S. The van der Waals surface area contributed by atoms with Crippen molar-refractivity contribution in [3.8, 4) is 16.3 Å². The van der Waals surface area contributed by atoms with E-state index in [1.165, 1.54) is 11.3 Å². The third-order valence-corrected chi connectivity index (χ3v) is 5.58. The van der Waals surface area contributed by atoms with Crippen LogP contribution in [0.25, 0.3) is 16.3 Å². The first-order chi connectivity index (χ1) is 15.2. The van der Waals surface area contributed by atoms with Gasteiger partial charge in [-0.3, -0.25) is 9.59 Å². The summed E-state index contributed by atoms with van der Waals surface area (Å²) in [6, 6.07) is 23.2. The fourth-order valence-corrected chi connectivity index (χ4v) is 3.84. The van der Waals surface area contributed by atoms with Crippen LogP contribution >= 0.6 is 11.3 Å². The van der Waals surface area contributed by atoms with Gasteiger partial charge in [0.05, 0.1) is 16.1 Å². The summed E-state index contributed by atoms with van der Waals surface area (Å²) in [5, 5.41) is 12.3. The van der Waals surface area contributed by atoms with Crippen LogP contribution in [0, 0.1) is 0 Å². The van der Waals surface area contributed by atoms with Crippen molar-refractivity contribution < 1.29 is 9.59 Å². The van der Waals surface area contributed by atoms with Gasteiger partial charge in [-0.2, -0.15) is 5.10 Å². The highest BCUT2D eigenvalue weighted by Crippen LogP contribution is 2.27. The summed E-state index contributed by atoms with van der Waals surface area (Å²) in [7, 11) is 0. The van der Waals surface area contributed by atoms with Crippen LogP contribution in [0.4, 0.5) is 0 Å². The summed E-state index contributed by atoms with van der Waals surface area (Å²) in [4.78, 5) is 25.9. The molecule has 0 spiro atoms. The van der Waals surface area contributed by atoms with Crippen molar-refractivity contribution in [1.29, 1.82) is 0 Å². The van der Waals surface area contributed by atoms with Gasteiger partial charge in [0.1, 0.15) is 5.69 Å². The van der Waals surface area contributed by atoms with E-state index < -0.39 is 0 Å². The lowest BCUT2D eigenvalue weighted by molar-refractivity contribution is -0.121. The summed E-state index contributed by atoms with van der Waals surface area (Å²) in [5.41, 5.74) is 3.02. The third kappa shape index (κ3) is 5.26. The monoisotopic (exact) mass is 430 g/mol. The molecule has 0 bridgehead atoms. The summed E-state index contributed by atoms with van der Waals surface area (Å²) in [5.74, 6) is -0.357. The Morgan fingerprint density at radius 3 is 2.35 bits per heavy atom. The molecule has 7 heteroatoms. The minimum atomic E-state index is -0.249. The molecule has 2 heterocycles. The van der Waals surface area contributed by atoms with Gasteiger partial charge < -0.3 is 10.6 Å². The van der Waals surface area contributed by atoms with Gasteiger partial charge in [0.2, 0.25) is 5.91 Å². The normalized spacial score (nSPS) is 10.6. The van der Waals surface area contributed by atoms with Gasteiger partial charge in [-0.15, -0.1) is 11.3 Å². The molecule has 4 rings (SSSR count). The van der Waals surface area contributed by atoms with E-state index in [1.807, 2.05) is 78.2 Å². The van der Waals surface area contributed by atoms with E-state index in [2.05, 4.69) is 15.7 Å². The number of hydrogen-bond donors (Lipinski definition) is 2. The number of benzene rings is 2.